The highest BCUT2D eigenvalue weighted by molar-refractivity contribution is 5.81. The summed E-state index contributed by atoms with van der Waals surface area (Å²) in [6, 6.07) is 2.14. The van der Waals surface area contributed by atoms with Gasteiger partial charge in [0.25, 0.3) is 0 Å². The normalized spacial score (nSPS) is 22.1. The lowest BCUT2D eigenvalue weighted by Crippen LogP contribution is -2.42. The zero-order valence-corrected chi connectivity index (χ0v) is 19.1. The first-order chi connectivity index (χ1) is 16.8. The highest BCUT2D eigenvalue weighted by Crippen LogP contribution is 2.35. The van der Waals surface area contributed by atoms with E-state index in [2.05, 4.69) is 15.0 Å². The SMILES string of the molecule is Cc1nc(N)c2ncn(C3OC(COC(C)(Cc4ccc(C(F)(F)F)c(F)c4)C(=O)O)CC3F)c2n1. The van der Waals surface area contributed by atoms with E-state index in [-0.39, 0.29) is 35.6 Å². The molecule has 3 N–H and O–H groups in total. The minimum Gasteiger partial charge on any atom is -0.479 e. The van der Waals surface area contributed by atoms with Crippen LogP contribution < -0.4 is 5.73 Å². The molecule has 1 saturated heterocycles. The summed E-state index contributed by atoms with van der Waals surface area (Å²) in [6.45, 7) is 2.46. The Morgan fingerprint density at radius 3 is 2.69 bits per heavy atom. The van der Waals surface area contributed by atoms with Crippen LogP contribution in [0.5, 0.6) is 0 Å². The molecule has 4 rings (SSSR count). The number of aromatic nitrogens is 4. The van der Waals surface area contributed by atoms with E-state index >= 15 is 0 Å². The van der Waals surface area contributed by atoms with E-state index in [1.165, 1.54) is 17.8 Å². The number of anilines is 1. The molecule has 0 saturated carbocycles. The summed E-state index contributed by atoms with van der Waals surface area (Å²) in [5, 5.41) is 9.69. The van der Waals surface area contributed by atoms with Gasteiger partial charge in [-0.3, -0.25) is 4.57 Å². The van der Waals surface area contributed by atoms with Gasteiger partial charge in [0.1, 0.15) is 23.3 Å². The summed E-state index contributed by atoms with van der Waals surface area (Å²) in [7, 11) is 0. The average molecular weight is 515 g/mol. The van der Waals surface area contributed by atoms with Crippen LogP contribution in [0.1, 0.15) is 36.5 Å². The Morgan fingerprint density at radius 1 is 1.33 bits per heavy atom. The van der Waals surface area contributed by atoms with E-state index in [9.17, 15) is 31.9 Å². The second-order valence-corrected chi connectivity index (χ2v) is 8.72. The number of aliphatic carboxylic acids is 1. The molecule has 1 aliphatic rings. The van der Waals surface area contributed by atoms with Gasteiger partial charge in [-0.05, 0) is 31.5 Å². The third-order valence-electron chi connectivity index (χ3n) is 5.88. The van der Waals surface area contributed by atoms with E-state index in [0.29, 0.717) is 18.0 Å². The Bertz CT molecular complexity index is 1300. The Kier molecular flexibility index (Phi) is 6.60. The van der Waals surface area contributed by atoms with Gasteiger partial charge in [0.05, 0.1) is 24.6 Å². The van der Waals surface area contributed by atoms with Crippen molar-refractivity contribution in [3.8, 4) is 0 Å². The maximum atomic E-state index is 14.9. The molecular formula is C22H22F5N5O4. The van der Waals surface area contributed by atoms with Crippen LogP contribution in [0.3, 0.4) is 0 Å². The number of alkyl halides is 4. The number of carboxylic acids is 1. The Hall–Kier alpha value is -3.39. The van der Waals surface area contributed by atoms with Gasteiger partial charge in [0, 0.05) is 12.8 Å². The monoisotopic (exact) mass is 515 g/mol. The molecule has 1 aliphatic heterocycles. The van der Waals surface area contributed by atoms with Crippen molar-refractivity contribution in [3.63, 3.8) is 0 Å². The molecule has 1 fully saturated rings. The fourth-order valence-corrected chi connectivity index (χ4v) is 4.04. The van der Waals surface area contributed by atoms with Gasteiger partial charge in [0.2, 0.25) is 0 Å². The van der Waals surface area contributed by atoms with Crippen molar-refractivity contribution in [3.05, 3.63) is 47.3 Å². The van der Waals surface area contributed by atoms with Crippen molar-refractivity contribution >= 4 is 23.0 Å². The standard InChI is InChI=1S/C22H22F5N5O4/c1-10-30-17(28)16-18(31-10)32(9-29-16)19-15(24)6-12(36-19)8-35-21(2,20(33)34)7-11-3-4-13(14(23)5-11)22(25,26)27/h3-5,9,12,15,19H,6-8H2,1-2H3,(H,33,34)(H2,28,30,31). The van der Waals surface area contributed by atoms with Crippen molar-refractivity contribution in [2.75, 3.05) is 12.3 Å². The molecule has 0 aliphatic carbocycles. The van der Waals surface area contributed by atoms with Gasteiger partial charge >= 0.3 is 12.1 Å². The lowest BCUT2D eigenvalue weighted by atomic mass is 9.95. The van der Waals surface area contributed by atoms with E-state index in [0.717, 1.165) is 6.07 Å². The van der Waals surface area contributed by atoms with Gasteiger partial charge in [-0.15, -0.1) is 0 Å². The van der Waals surface area contributed by atoms with Crippen molar-refractivity contribution in [2.45, 2.75) is 57.0 Å². The molecule has 0 bridgehead atoms. The number of nitrogen functional groups attached to an aromatic ring is 1. The molecular weight excluding hydrogens is 493 g/mol. The number of nitrogens with two attached hydrogens (primary N) is 1. The number of halogens is 5. The molecule has 14 heteroatoms. The first-order valence-electron chi connectivity index (χ1n) is 10.8. The fraction of sp³-hybridized carbons (Fsp3) is 0.455. The molecule has 9 nitrogen and oxygen atoms in total. The zero-order chi connectivity index (χ0) is 26.4. The van der Waals surface area contributed by atoms with Crippen molar-refractivity contribution < 1.29 is 41.3 Å². The minimum atomic E-state index is -4.88. The van der Waals surface area contributed by atoms with Crippen LogP contribution >= 0.6 is 0 Å². The first kappa shape index (κ1) is 25.7. The van der Waals surface area contributed by atoms with Crippen LogP contribution in [0.15, 0.2) is 24.5 Å². The van der Waals surface area contributed by atoms with Gasteiger partial charge in [0.15, 0.2) is 23.3 Å². The number of hydrogen-bond acceptors (Lipinski definition) is 7. The number of carbonyl (C=O) groups is 1. The molecule has 1 aromatic carbocycles. The number of carboxylic acid groups (broad SMARTS) is 1. The molecule has 0 spiro atoms. The van der Waals surface area contributed by atoms with Crippen LogP contribution in [0.4, 0.5) is 27.8 Å². The molecule has 194 valence electrons. The smallest absolute Gasteiger partial charge is 0.419 e. The van der Waals surface area contributed by atoms with Gasteiger partial charge in [-0.2, -0.15) is 13.2 Å². The van der Waals surface area contributed by atoms with Crippen molar-refractivity contribution in [1.82, 2.24) is 19.5 Å². The molecule has 36 heavy (non-hydrogen) atoms. The van der Waals surface area contributed by atoms with E-state index in [1.807, 2.05) is 0 Å². The molecule has 4 atom stereocenters. The zero-order valence-electron chi connectivity index (χ0n) is 19.1. The van der Waals surface area contributed by atoms with E-state index in [1.54, 1.807) is 6.92 Å². The second-order valence-electron chi connectivity index (χ2n) is 8.72. The van der Waals surface area contributed by atoms with Gasteiger partial charge < -0.3 is 20.3 Å². The maximum absolute atomic E-state index is 14.9. The highest BCUT2D eigenvalue weighted by Gasteiger charge is 2.41. The van der Waals surface area contributed by atoms with Crippen molar-refractivity contribution in [1.29, 1.82) is 0 Å². The quantitative estimate of drug-likeness (QED) is 0.458. The lowest BCUT2D eigenvalue weighted by molar-refractivity contribution is -0.169. The van der Waals surface area contributed by atoms with Crippen LogP contribution in [-0.2, 0) is 26.9 Å². The Morgan fingerprint density at radius 2 is 2.06 bits per heavy atom. The summed E-state index contributed by atoms with van der Waals surface area (Å²) < 4.78 is 79.9. The van der Waals surface area contributed by atoms with Crippen LogP contribution in [-0.4, -0.2) is 55.1 Å². The summed E-state index contributed by atoms with van der Waals surface area (Å²) in [5.41, 5.74) is 2.97. The average Bonchev–Trinajstić information content (AvgIpc) is 3.34. The van der Waals surface area contributed by atoms with Gasteiger partial charge in [-0.1, -0.05) is 6.07 Å². The maximum Gasteiger partial charge on any atom is 0.419 e. The predicted molar refractivity (Wildman–Crippen MR) is 115 cm³/mol. The molecule has 3 aromatic rings. The van der Waals surface area contributed by atoms with E-state index in [4.69, 9.17) is 15.2 Å². The number of ether oxygens (including phenoxy) is 2. The number of benzene rings is 1. The minimum absolute atomic E-state index is 0.0171. The van der Waals surface area contributed by atoms with Gasteiger partial charge in [-0.25, -0.2) is 28.5 Å². The number of aryl methyl sites for hydroxylation is 1. The van der Waals surface area contributed by atoms with E-state index < -0.39 is 54.1 Å². The molecule has 4 unspecified atom stereocenters. The Labute approximate surface area is 201 Å². The number of rotatable bonds is 7. The second kappa shape index (κ2) is 9.24. The largest absolute Gasteiger partial charge is 0.479 e. The third kappa shape index (κ3) is 4.95. The summed E-state index contributed by atoms with van der Waals surface area (Å²) in [5.74, 6) is -2.48. The summed E-state index contributed by atoms with van der Waals surface area (Å²) in [6.07, 6.45) is -7.62. The van der Waals surface area contributed by atoms with Crippen LogP contribution in [0.2, 0.25) is 0 Å². The summed E-state index contributed by atoms with van der Waals surface area (Å²) >= 11 is 0. The number of imidazole rings is 1. The van der Waals surface area contributed by atoms with Crippen molar-refractivity contribution in [2.24, 2.45) is 0 Å². The lowest BCUT2D eigenvalue weighted by Gasteiger charge is -2.27. The Balaban J connectivity index is 1.47. The fourth-order valence-electron chi connectivity index (χ4n) is 4.04. The number of hydrogen-bond donors (Lipinski definition) is 2. The number of fused-ring (bicyclic) bond motifs is 1. The molecule has 0 amide bonds. The first-order valence-corrected chi connectivity index (χ1v) is 10.8. The number of nitrogens with zero attached hydrogens (tertiary/aromatic N) is 4. The van der Waals surface area contributed by atoms with Crippen LogP contribution in [0, 0.1) is 12.7 Å². The summed E-state index contributed by atoms with van der Waals surface area (Å²) in [4.78, 5) is 24.3. The predicted octanol–water partition coefficient (Wildman–Crippen LogP) is 3.60. The highest BCUT2D eigenvalue weighted by atomic mass is 19.4. The van der Waals surface area contributed by atoms with Crippen LogP contribution in [0.25, 0.3) is 11.2 Å². The molecule has 2 aromatic heterocycles. The molecule has 0 radical (unpaired) electrons. The molecule has 3 heterocycles. The topological polar surface area (TPSA) is 125 Å². The third-order valence-corrected chi connectivity index (χ3v) is 5.88.